The molecule has 0 spiro atoms. The van der Waals surface area contributed by atoms with E-state index in [1.54, 1.807) is 4.98 Å². The van der Waals surface area contributed by atoms with E-state index in [2.05, 4.69) is 0 Å². The highest BCUT2D eigenvalue weighted by Gasteiger charge is 2.31. The van der Waals surface area contributed by atoms with E-state index in [-0.39, 0.29) is 5.56 Å². The van der Waals surface area contributed by atoms with Crippen molar-refractivity contribution in [2.24, 2.45) is 0 Å². The van der Waals surface area contributed by atoms with E-state index in [1.807, 2.05) is 0 Å². The van der Waals surface area contributed by atoms with Gasteiger partial charge in [0.2, 0.25) is 0 Å². The maximum Gasteiger partial charge on any atom is 0.431 e. The lowest BCUT2D eigenvalue weighted by Gasteiger charge is -2.08. The molecule has 0 radical (unpaired) electrons. The molecular formula is C12H6Cl2F3NO. The Bertz CT molecular complexity index is 659. The highest BCUT2D eigenvalue weighted by atomic mass is 35.5. The first kappa shape index (κ1) is 14.0. The Labute approximate surface area is 115 Å². The molecule has 2 rings (SSSR count). The molecule has 2 aromatic rings. The van der Waals surface area contributed by atoms with Crippen LogP contribution in [-0.2, 0) is 6.18 Å². The first-order valence-electron chi connectivity index (χ1n) is 5.04. The normalized spacial score (nSPS) is 11.6. The highest BCUT2D eigenvalue weighted by Crippen LogP contribution is 2.29. The Balaban J connectivity index is 2.55. The zero-order valence-electron chi connectivity index (χ0n) is 9.18. The Morgan fingerprint density at radius 1 is 1.00 bits per heavy atom. The number of rotatable bonds is 1. The lowest BCUT2D eigenvalue weighted by Crippen LogP contribution is -2.17. The fraction of sp³-hybridized carbons (Fsp3) is 0.0833. The summed E-state index contributed by atoms with van der Waals surface area (Å²) in [6, 6.07) is 6.25. The maximum atomic E-state index is 12.4. The van der Waals surface area contributed by atoms with Gasteiger partial charge in [0.1, 0.15) is 5.69 Å². The second-order valence-electron chi connectivity index (χ2n) is 3.77. The van der Waals surface area contributed by atoms with Crippen LogP contribution in [0, 0.1) is 0 Å². The van der Waals surface area contributed by atoms with Crippen molar-refractivity contribution in [3.05, 3.63) is 56.4 Å². The number of pyridine rings is 1. The zero-order valence-corrected chi connectivity index (χ0v) is 10.7. The zero-order chi connectivity index (χ0) is 14.2. The maximum absolute atomic E-state index is 12.4. The molecule has 0 bridgehead atoms. The summed E-state index contributed by atoms with van der Waals surface area (Å²) < 4.78 is 37.3. The van der Waals surface area contributed by atoms with Crippen molar-refractivity contribution < 1.29 is 13.2 Å². The van der Waals surface area contributed by atoms with Crippen LogP contribution in [0.4, 0.5) is 13.2 Å². The van der Waals surface area contributed by atoms with Crippen molar-refractivity contribution in [3.8, 4) is 11.1 Å². The third kappa shape index (κ3) is 3.11. The quantitative estimate of drug-likeness (QED) is 0.834. The first-order valence-corrected chi connectivity index (χ1v) is 5.80. The van der Waals surface area contributed by atoms with E-state index < -0.39 is 17.4 Å². The second-order valence-corrected chi connectivity index (χ2v) is 4.64. The van der Waals surface area contributed by atoms with Crippen LogP contribution in [-0.4, -0.2) is 4.98 Å². The van der Waals surface area contributed by atoms with E-state index in [9.17, 15) is 18.0 Å². The van der Waals surface area contributed by atoms with Gasteiger partial charge in [0.15, 0.2) is 0 Å². The van der Waals surface area contributed by atoms with Crippen molar-refractivity contribution in [2.45, 2.75) is 6.18 Å². The van der Waals surface area contributed by atoms with Crippen LogP contribution in [0.3, 0.4) is 0 Å². The van der Waals surface area contributed by atoms with Crippen LogP contribution in [0.2, 0.25) is 10.0 Å². The lowest BCUT2D eigenvalue weighted by molar-refractivity contribution is -0.141. The molecule has 0 amide bonds. The number of H-pyrrole nitrogens is 1. The van der Waals surface area contributed by atoms with Crippen molar-refractivity contribution in [1.29, 1.82) is 0 Å². The van der Waals surface area contributed by atoms with Gasteiger partial charge in [-0.25, -0.2) is 0 Å². The van der Waals surface area contributed by atoms with Gasteiger partial charge in [-0.2, -0.15) is 13.2 Å². The number of nitrogens with one attached hydrogen (secondary N) is 1. The summed E-state index contributed by atoms with van der Waals surface area (Å²) in [4.78, 5) is 13.5. The van der Waals surface area contributed by atoms with Crippen molar-refractivity contribution in [3.63, 3.8) is 0 Å². The minimum Gasteiger partial charge on any atom is -0.318 e. The number of alkyl halides is 3. The molecule has 0 unspecified atom stereocenters. The van der Waals surface area contributed by atoms with Gasteiger partial charge in [0, 0.05) is 15.6 Å². The summed E-state index contributed by atoms with van der Waals surface area (Å²) in [5.74, 6) is 0. The number of hydrogen-bond acceptors (Lipinski definition) is 1. The third-order valence-electron chi connectivity index (χ3n) is 2.39. The Morgan fingerprint density at radius 2 is 1.58 bits per heavy atom. The monoisotopic (exact) mass is 307 g/mol. The van der Waals surface area contributed by atoms with Gasteiger partial charge in [0.05, 0.1) is 0 Å². The van der Waals surface area contributed by atoms with Gasteiger partial charge in [0.25, 0.3) is 5.56 Å². The van der Waals surface area contributed by atoms with Gasteiger partial charge in [-0.05, 0) is 35.9 Å². The van der Waals surface area contributed by atoms with E-state index in [0.29, 0.717) is 15.6 Å². The molecule has 19 heavy (non-hydrogen) atoms. The van der Waals surface area contributed by atoms with Crippen LogP contribution in [0.25, 0.3) is 11.1 Å². The minimum absolute atomic E-state index is 0.0670. The van der Waals surface area contributed by atoms with Gasteiger partial charge < -0.3 is 4.98 Å². The molecule has 0 aliphatic heterocycles. The molecule has 7 heteroatoms. The van der Waals surface area contributed by atoms with Crippen molar-refractivity contribution >= 4 is 23.2 Å². The molecule has 100 valence electrons. The van der Waals surface area contributed by atoms with E-state index in [1.165, 1.54) is 18.2 Å². The number of aromatic amines is 1. The predicted octanol–water partition coefficient (Wildman–Crippen LogP) is 4.37. The summed E-state index contributed by atoms with van der Waals surface area (Å²) in [5, 5.41) is 0.587. The summed E-state index contributed by atoms with van der Waals surface area (Å²) in [6.07, 6.45) is -4.59. The topological polar surface area (TPSA) is 32.9 Å². The molecule has 0 aliphatic carbocycles. The Morgan fingerprint density at radius 3 is 2.05 bits per heavy atom. The minimum atomic E-state index is -4.59. The smallest absolute Gasteiger partial charge is 0.318 e. The molecule has 0 saturated carbocycles. The average Bonchev–Trinajstić information content (AvgIpc) is 2.26. The largest absolute Gasteiger partial charge is 0.431 e. The third-order valence-corrected chi connectivity index (χ3v) is 2.82. The first-order chi connectivity index (χ1) is 8.77. The summed E-state index contributed by atoms with van der Waals surface area (Å²) >= 11 is 11.6. The summed E-state index contributed by atoms with van der Waals surface area (Å²) in [6.45, 7) is 0. The number of hydrogen-bond donors (Lipinski definition) is 1. The van der Waals surface area contributed by atoms with Gasteiger partial charge >= 0.3 is 6.18 Å². The molecule has 1 N–H and O–H groups in total. The number of aromatic nitrogens is 1. The van der Waals surface area contributed by atoms with Crippen LogP contribution >= 0.6 is 23.2 Å². The molecule has 1 aromatic heterocycles. The fourth-order valence-corrected chi connectivity index (χ4v) is 2.10. The average molecular weight is 308 g/mol. The van der Waals surface area contributed by atoms with Crippen LogP contribution in [0.1, 0.15) is 5.69 Å². The molecule has 2 nitrogen and oxygen atoms in total. The molecule has 1 heterocycles. The lowest BCUT2D eigenvalue weighted by atomic mass is 10.1. The van der Waals surface area contributed by atoms with E-state index in [0.717, 1.165) is 12.1 Å². The second kappa shape index (κ2) is 4.90. The summed E-state index contributed by atoms with van der Waals surface area (Å²) in [5.41, 5.74) is -1.53. The Hall–Kier alpha value is -1.46. The summed E-state index contributed by atoms with van der Waals surface area (Å²) in [7, 11) is 0. The number of halogens is 5. The molecule has 0 atom stereocenters. The van der Waals surface area contributed by atoms with Gasteiger partial charge in [-0.15, -0.1) is 0 Å². The van der Waals surface area contributed by atoms with E-state index in [4.69, 9.17) is 23.2 Å². The molecular weight excluding hydrogens is 302 g/mol. The van der Waals surface area contributed by atoms with Crippen LogP contribution in [0.5, 0.6) is 0 Å². The standard InChI is InChI=1S/C12H6Cl2F3NO/c13-7-3-6(4-8(14)5-7)9-1-2-10(12(15,16)17)18-11(9)19/h1-5H,(H,18,19). The van der Waals surface area contributed by atoms with Gasteiger partial charge in [-0.3, -0.25) is 4.79 Å². The SMILES string of the molecule is O=c1[nH]c(C(F)(F)F)ccc1-c1cc(Cl)cc(Cl)c1. The molecule has 0 aliphatic rings. The Kier molecular flexibility index (Phi) is 3.60. The molecule has 0 saturated heterocycles. The van der Waals surface area contributed by atoms with Crippen LogP contribution in [0.15, 0.2) is 35.1 Å². The van der Waals surface area contributed by atoms with Crippen molar-refractivity contribution in [2.75, 3.05) is 0 Å². The predicted molar refractivity (Wildman–Crippen MR) is 67.5 cm³/mol. The molecule has 1 aromatic carbocycles. The van der Waals surface area contributed by atoms with E-state index >= 15 is 0 Å². The van der Waals surface area contributed by atoms with Crippen LogP contribution < -0.4 is 5.56 Å². The van der Waals surface area contributed by atoms with Gasteiger partial charge in [-0.1, -0.05) is 23.2 Å². The highest BCUT2D eigenvalue weighted by molar-refractivity contribution is 6.35. The number of benzene rings is 1. The fourth-order valence-electron chi connectivity index (χ4n) is 1.58. The van der Waals surface area contributed by atoms with Crippen molar-refractivity contribution in [1.82, 2.24) is 4.98 Å². The molecule has 0 fully saturated rings.